The highest BCUT2D eigenvalue weighted by Gasteiger charge is 2.12. The fourth-order valence-corrected chi connectivity index (χ4v) is 3.42. The van der Waals surface area contributed by atoms with Gasteiger partial charge in [-0.1, -0.05) is 54.9 Å². The summed E-state index contributed by atoms with van der Waals surface area (Å²) in [6, 6.07) is 23.1. The molecule has 4 heteroatoms. The lowest BCUT2D eigenvalue weighted by molar-refractivity contribution is 0.102. The van der Waals surface area contributed by atoms with Crippen LogP contribution in [0.2, 0.25) is 5.02 Å². The van der Waals surface area contributed by atoms with Gasteiger partial charge in [0.2, 0.25) is 0 Å². The predicted octanol–water partition coefficient (Wildman–Crippen LogP) is 6.37. The number of pyridine rings is 1. The van der Waals surface area contributed by atoms with Crippen LogP contribution in [0.1, 0.15) is 22.8 Å². The Hall–Kier alpha value is -3.17. The molecule has 0 unspecified atom stereocenters. The molecule has 1 N–H and O–H groups in total. The van der Waals surface area contributed by atoms with E-state index in [9.17, 15) is 4.79 Å². The number of halogens is 1. The summed E-state index contributed by atoms with van der Waals surface area (Å²) in [4.78, 5) is 17.1. The van der Waals surface area contributed by atoms with E-state index in [4.69, 9.17) is 11.6 Å². The van der Waals surface area contributed by atoms with Crippen LogP contribution in [0, 0.1) is 0 Å². The number of hydrogen-bond donors (Lipinski definition) is 1. The van der Waals surface area contributed by atoms with E-state index in [0.717, 1.165) is 28.5 Å². The Morgan fingerprint density at radius 3 is 2.57 bits per heavy atom. The molecule has 3 nitrogen and oxygen atoms in total. The van der Waals surface area contributed by atoms with Crippen LogP contribution in [0.25, 0.3) is 22.0 Å². The number of anilines is 1. The largest absolute Gasteiger partial charge is 0.322 e. The Bertz CT molecular complexity index is 1150. The fraction of sp³-hybridized carbons (Fsp3) is 0.0833. The molecule has 0 aliphatic carbocycles. The van der Waals surface area contributed by atoms with Crippen molar-refractivity contribution in [1.29, 1.82) is 0 Å². The second kappa shape index (κ2) is 7.83. The molecule has 4 rings (SSSR count). The maximum atomic E-state index is 12.6. The van der Waals surface area contributed by atoms with E-state index in [0.29, 0.717) is 16.3 Å². The van der Waals surface area contributed by atoms with Gasteiger partial charge in [-0.25, -0.2) is 0 Å². The molecule has 0 aliphatic heterocycles. The Balaban J connectivity index is 1.68. The smallest absolute Gasteiger partial charge is 0.255 e. The molecule has 0 saturated heterocycles. The van der Waals surface area contributed by atoms with Gasteiger partial charge < -0.3 is 5.32 Å². The minimum Gasteiger partial charge on any atom is -0.322 e. The van der Waals surface area contributed by atoms with Crippen molar-refractivity contribution in [2.75, 3.05) is 5.32 Å². The van der Waals surface area contributed by atoms with E-state index >= 15 is 0 Å². The molecule has 28 heavy (non-hydrogen) atoms. The summed E-state index contributed by atoms with van der Waals surface area (Å²) < 4.78 is 0. The lowest BCUT2D eigenvalue weighted by Crippen LogP contribution is -2.11. The summed E-state index contributed by atoms with van der Waals surface area (Å²) >= 11 is 6.47. The average Bonchev–Trinajstić information content (AvgIpc) is 2.75. The number of aromatic nitrogens is 1. The molecule has 1 heterocycles. The average molecular weight is 387 g/mol. The summed E-state index contributed by atoms with van der Waals surface area (Å²) in [6.45, 7) is 2.09. The lowest BCUT2D eigenvalue weighted by atomic mass is 10.0. The number of rotatable bonds is 4. The molecule has 0 radical (unpaired) electrons. The monoisotopic (exact) mass is 386 g/mol. The normalized spacial score (nSPS) is 10.8. The van der Waals surface area contributed by atoms with Gasteiger partial charge in [-0.15, -0.1) is 0 Å². The van der Waals surface area contributed by atoms with Crippen molar-refractivity contribution in [2.24, 2.45) is 0 Å². The van der Waals surface area contributed by atoms with Crippen LogP contribution in [-0.4, -0.2) is 10.9 Å². The molecule has 0 saturated carbocycles. The van der Waals surface area contributed by atoms with E-state index in [-0.39, 0.29) is 5.91 Å². The SMILES string of the molecule is CCc1ccc(C(=O)Nc2ccc(Cl)c(-c3nccc4ccccc34)c2)cc1. The molecule has 0 bridgehead atoms. The number of hydrogen-bond acceptors (Lipinski definition) is 2. The minimum atomic E-state index is -0.151. The van der Waals surface area contributed by atoms with Gasteiger partial charge in [0.05, 0.1) is 10.7 Å². The van der Waals surface area contributed by atoms with Gasteiger partial charge in [0.1, 0.15) is 0 Å². The number of fused-ring (bicyclic) bond motifs is 1. The topological polar surface area (TPSA) is 42.0 Å². The van der Waals surface area contributed by atoms with E-state index in [1.165, 1.54) is 5.56 Å². The van der Waals surface area contributed by atoms with Gasteiger partial charge in [0.25, 0.3) is 5.91 Å². The van der Waals surface area contributed by atoms with E-state index in [1.807, 2.05) is 60.7 Å². The van der Waals surface area contributed by atoms with E-state index in [2.05, 4.69) is 17.2 Å². The van der Waals surface area contributed by atoms with Gasteiger partial charge >= 0.3 is 0 Å². The molecular formula is C24H19ClN2O. The first-order chi connectivity index (χ1) is 13.7. The van der Waals surface area contributed by atoms with Gasteiger partial charge in [-0.05, 0) is 53.8 Å². The first kappa shape index (κ1) is 18.2. The Kier molecular flexibility index (Phi) is 5.09. The first-order valence-electron chi connectivity index (χ1n) is 9.19. The zero-order chi connectivity index (χ0) is 19.5. The van der Waals surface area contributed by atoms with Crippen LogP contribution in [0.5, 0.6) is 0 Å². The summed E-state index contributed by atoms with van der Waals surface area (Å²) in [5.74, 6) is -0.151. The number of aryl methyl sites for hydroxylation is 1. The number of carbonyl (C=O) groups excluding carboxylic acids is 1. The zero-order valence-corrected chi connectivity index (χ0v) is 16.2. The summed E-state index contributed by atoms with van der Waals surface area (Å²) in [7, 11) is 0. The van der Waals surface area contributed by atoms with Crippen molar-refractivity contribution in [3.63, 3.8) is 0 Å². The van der Waals surface area contributed by atoms with Crippen molar-refractivity contribution in [3.8, 4) is 11.3 Å². The molecule has 0 aliphatic rings. The summed E-state index contributed by atoms with van der Waals surface area (Å²) in [6.07, 6.45) is 2.72. The predicted molar refractivity (Wildman–Crippen MR) is 116 cm³/mol. The maximum absolute atomic E-state index is 12.6. The number of benzene rings is 3. The Morgan fingerprint density at radius 2 is 1.79 bits per heavy atom. The van der Waals surface area contributed by atoms with Crippen LogP contribution in [0.3, 0.4) is 0 Å². The van der Waals surface area contributed by atoms with Gasteiger partial charge in [0.15, 0.2) is 0 Å². The number of nitrogens with one attached hydrogen (secondary N) is 1. The lowest BCUT2D eigenvalue weighted by Gasteiger charge is -2.11. The molecular weight excluding hydrogens is 368 g/mol. The number of amides is 1. The highest BCUT2D eigenvalue weighted by atomic mass is 35.5. The van der Waals surface area contributed by atoms with Crippen molar-refractivity contribution < 1.29 is 4.79 Å². The van der Waals surface area contributed by atoms with Crippen LogP contribution >= 0.6 is 11.6 Å². The molecule has 3 aromatic carbocycles. The molecule has 138 valence electrons. The van der Waals surface area contributed by atoms with E-state index < -0.39 is 0 Å². The second-order valence-corrected chi connectivity index (χ2v) is 6.99. The van der Waals surface area contributed by atoms with E-state index in [1.54, 1.807) is 18.3 Å². The number of carbonyl (C=O) groups is 1. The second-order valence-electron chi connectivity index (χ2n) is 6.58. The fourth-order valence-electron chi connectivity index (χ4n) is 3.21. The highest BCUT2D eigenvalue weighted by Crippen LogP contribution is 2.33. The van der Waals surface area contributed by atoms with Crippen molar-refractivity contribution in [2.45, 2.75) is 13.3 Å². The van der Waals surface area contributed by atoms with Crippen LogP contribution in [-0.2, 0) is 6.42 Å². The van der Waals surface area contributed by atoms with Gasteiger partial charge in [-0.3, -0.25) is 9.78 Å². The van der Waals surface area contributed by atoms with Gasteiger partial charge in [-0.2, -0.15) is 0 Å². The van der Waals surface area contributed by atoms with Crippen LogP contribution in [0.15, 0.2) is 79.0 Å². The van der Waals surface area contributed by atoms with Crippen LogP contribution in [0.4, 0.5) is 5.69 Å². The summed E-state index contributed by atoms with van der Waals surface area (Å²) in [5.41, 5.74) is 4.09. The Morgan fingerprint density at radius 1 is 1.00 bits per heavy atom. The summed E-state index contributed by atoms with van der Waals surface area (Å²) in [5, 5.41) is 5.66. The molecule has 1 aromatic heterocycles. The minimum absolute atomic E-state index is 0.151. The quantitative estimate of drug-likeness (QED) is 0.442. The molecule has 1 amide bonds. The number of nitrogens with zero attached hydrogens (tertiary/aromatic N) is 1. The first-order valence-corrected chi connectivity index (χ1v) is 9.57. The van der Waals surface area contributed by atoms with Crippen molar-refractivity contribution >= 4 is 34.0 Å². The van der Waals surface area contributed by atoms with Crippen molar-refractivity contribution in [3.05, 3.63) is 95.1 Å². The van der Waals surface area contributed by atoms with Crippen LogP contribution < -0.4 is 5.32 Å². The standard InChI is InChI=1S/C24H19ClN2O/c1-2-16-7-9-18(10-8-16)24(28)27-19-11-12-22(25)21(15-19)23-20-6-4-3-5-17(20)13-14-26-23/h3-15H,2H2,1H3,(H,27,28). The Labute approximate surface area is 169 Å². The third-order valence-electron chi connectivity index (χ3n) is 4.78. The highest BCUT2D eigenvalue weighted by molar-refractivity contribution is 6.33. The third-order valence-corrected chi connectivity index (χ3v) is 5.11. The molecule has 4 aromatic rings. The van der Waals surface area contributed by atoms with Crippen molar-refractivity contribution in [1.82, 2.24) is 4.98 Å². The maximum Gasteiger partial charge on any atom is 0.255 e. The van der Waals surface area contributed by atoms with Gasteiger partial charge in [0, 0.05) is 28.4 Å². The zero-order valence-electron chi connectivity index (χ0n) is 15.4. The molecule has 0 spiro atoms. The third kappa shape index (κ3) is 3.62. The molecule has 0 atom stereocenters. The molecule has 0 fully saturated rings.